The van der Waals surface area contributed by atoms with Crippen molar-refractivity contribution in [2.24, 2.45) is 0 Å². The van der Waals surface area contributed by atoms with Crippen LogP contribution in [0.3, 0.4) is 0 Å². The van der Waals surface area contributed by atoms with E-state index in [9.17, 15) is 4.79 Å². The Hall–Kier alpha value is -1.28. The van der Waals surface area contributed by atoms with Crippen molar-refractivity contribution in [3.8, 4) is 0 Å². The Morgan fingerprint density at radius 3 is 2.70 bits per heavy atom. The largest absolute Gasteiger partial charge is 0.297 e. The van der Waals surface area contributed by atoms with E-state index in [1.807, 2.05) is 0 Å². The molecule has 2 aromatic heterocycles. The number of anilines is 1. The van der Waals surface area contributed by atoms with Gasteiger partial charge in [-0.3, -0.25) is 10.1 Å². The third-order valence-electron chi connectivity index (χ3n) is 2.52. The SMILES string of the molecule is Cc1nnsc1C(=O)Nc1nc2c(Cl)ccc(Cl)c2s1. The molecule has 0 fully saturated rings. The number of hydrogen-bond acceptors (Lipinski definition) is 6. The van der Waals surface area contributed by atoms with Crippen LogP contribution in [0.1, 0.15) is 15.4 Å². The average molecular weight is 345 g/mol. The summed E-state index contributed by atoms with van der Waals surface area (Å²) < 4.78 is 4.47. The van der Waals surface area contributed by atoms with Gasteiger partial charge in [0, 0.05) is 0 Å². The van der Waals surface area contributed by atoms with Gasteiger partial charge in [-0.2, -0.15) is 0 Å². The number of benzene rings is 1. The summed E-state index contributed by atoms with van der Waals surface area (Å²) in [5.41, 5.74) is 1.17. The van der Waals surface area contributed by atoms with Gasteiger partial charge in [-0.1, -0.05) is 39.0 Å². The van der Waals surface area contributed by atoms with Gasteiger partial charge in [0.25, 0.3) is 5.91 Å². The van der Waals surface area contributed by atoms with Gasteiger partial charge < -0.3 is 0 Å². The molecule has 1 N–H and O–H groups in total. The Balaban J connectivity index is 1.96. The van der Waals surface area contributed by atoms with E-state index in [-0.39, 0.29) is 5.91 Å². The predicted molar refractivity (Wildman–Crippen MR) is 82.2 cm³/mol. The van der Waals surface area contributed by atoms with Gasteiger partial charge in [-0.05, 0) is 30.6 Å². The molecular formula is C11H6Cl2N4OS2. The van der Waals surface area contributed by atoms with Gasteiger partial charge >= 0.3 is 0 Å². The minimum absolute atomic E-state index is 0.288. The number of amides is 1. The Morgan fingerprint density at radius 2 is 2.05 bits per heavy atom. The number of fused-ring (bicyclic) bond motifs is 1. The van der Waals surface area contributed by atoms with Crippen molar-refractivity contribution in [3.05, 3.63) is 32.7 Å². The van der Waals surface area contributed by atoms with E-state index in [0.717, 1.165) is 16.2 Å². The van der Waals surface area contributed by atoms with Crippen LogP contribution in [0.15, 0.2) is 12.1 Å². The third kappa shape index (κ3) is 2.37. The monoisotopic (exact) mass is 344 g/mol. The van der Waals surface area contributed by atoms with E-state index in [0.29, 0.717) is 31.3 Å². The third-order valence-corrected chi connectivity index (χ3v) is 5.09. The van der Waals surface area contributed by atoms with Crippen molar-refractivity contribution >= 4 is 67.3 Å². The number of nitrogens with one attached hydrogen (secondary N) is 1. The Bertz CT molecular complexity index is 775. The van der Waals surface area contributed by atoms with E-state index < -0.39 is 0 Å². The van der Waals surface area contributed by atoms with E-state index in [2.05, 4.69) is 19.9 Å². The highest BCUT2D eigenvalue weighted by molar-refractivity contribution is 7.23. The second-order valence-electron chi connectivity index (χ2n) is 3.87. The van der Waals surface area contributed by atoms with E-state index in [1.54, 1.807) is 19.1 Å². The molecule has 2 heterocycles. The minimum Gasteiger partial charge on any atom is -0.297 e. The van der Waals surface area contributed by atoms with Crippen LogP contribution in [-0.2, 0) is 0 Å². The fourth-order valence-electron chi connectivity index (χ4n) is 1.59. The van der Waals surface area contributed by atoms with Gasteiger partial charge in [0.15, 0.2) is 5.13 Å². The summed E-state index contributed by atoms with van der Waals surface area (Å²) in [5.74, 6) is -0.288. The van der Waals surface area contributed by atoms with Gasteiger partial charge in [0.05, 0.1) is 20.4 Å². The van der Waals surface area contributed by atoms with Gasteiger partial charge in [-0.25, -0.2) is 4.98 Å². The summed E-state index contributed by atoms with van der Waals surface area (Å²) in [7, 11) is 0. The molecule has 5 nitrogen and oxygen atoms in total. The molecule has 0 saturated heterocycles. The fourth-order valence-corrected chi connectivity index (χ4v) is 3.56. The molecule has 0 aliphatic heterocycles. The van der Waals surface area contributed by atoms with Crippen LogP contribution in [0.2, 0.25) is 10.0 Å². The Labute approximate surface area is 131 Å². The number of aromatic nitrogens is 3. The molecule has 3 rings (SSSR count). The quantitative estimate of drug-likeness (QED) is 0.762. The van der Waals surface area contributed by atoms with Crippen LogP contribution in [0.25, 0.3) is 10.2 Å². The van der Waals surface area contributed by atoms with Crippen LogP contribution in [0, 0.1) is 6.92 Å². The lowest BCUT2D eigenvalue weighted by molar-refractivity contribution is 0.103. The van der Waals surface area contributed by atoms with Crippen LogP contribution < -0.4 is 5.32 Å². The van der Waals surface area contributed by atoms with E-state index in [4.69, 9.17) is 23.2 Å². The molecule has 20 heavy (non-hydrogen) atoms. The van der Waals surface area contributed by atoms with Crippen molar-refractivity contribution in [1.82, 2.24) is 14.6 Å². The highest BCUT2D eigenvalue weighted by Crippen LogP contribution is 2.36. The molecule has 0 bridgehead atoms. The fraction of sp³-hybridized carbons (Fsp3) is 0.0909. The molecule has 0 unspecified atom stereocenters. The zero-order chi connectivity index (χ0) is 14.3. The highest BCUT2D eigenvalue weighted by Gasteiger charge is 2.16. The summed E-state index contributed by atoms with van der Waals surface area (Å²) in [5, 5.41) is 8.00. The van der Waals surface area contributed by atoms with Crippen molar-refractivity contribution in [3.63, 3.8) is 0 Å². The molecule has 0 saturated carbocycles. The standard InChI is InChI=1S/C11H6Cl2N4OS2/c1-4-8(20-17-16-4)10(18)15-11-14-7-5(12)2-3-6(13)9(7)19-11/h2-3H,1H3,(H,14,15,18). The van der Waals surface area contributed by atoms with Crippen molar-refractivity contribution in [2.45, 2.75) is 6.92 Å². The number of thiazole rings is 1. The summed E-state index contributed by atoms with van der Waals surface area (Å²) >= 11 is 14.5. The van der Waals surface area contributed by atoms with E-state index >= 15 is 0 Å². The number of carbonyl (C=O) groups excluding carboxylic acids is 1. The number of nitrogens with zero attached hydrogens (tertiary/aromatic N) is 3. The Kier molecular flexibility index (Phi) is 3.59. The van der Waals surface area contributed by atoms with E-state index in [1.165, 1.54) is 11.3 Å². The van der Waals surface area contributed by atoms with Crippen LogP contribution in [0.4, 0.5) is 5.13 Å². The van der Waals surface area contributed by atoms with Crippen LogP contribution in [0.5, 0.6) is 0 Å². The second kappa shape index (κ2) is 5.25. The first kappa shape index (κ1) is 13.7. The summed E-state index contributed by atoms with van der Waals surface area (Å²) in [4.78, 5) is 16.8. The summed E-state index contributed by atoms with van der Waals surface area (Å²) in [6.07, 6.45) is 0. The molecule has 1 aromatic carbocycles. The zero-order valence-electron chi connectivity index (χ0n) is 9.98. The number of aryl methyl sites for hydroxylation is 1. The van der Waals surface area contributed by atoms with Crippen molar-refractivity contribution in [1.29, 1.82) is 0 Å². The minimum atomic E-state index is -0.288. The zero-order valence-corrected chi connectivity index (χ0v) is 13.1. The number of hydrogen-bond donors (Lipinski definition) is 1. The van der Waals surface area contributed by atoms with Crippen LogP contribution >= 0.6 is 46.1 Å². The average Bonchev–Trinajstić information content (AvgIpc) is 3.01. The summed E-state index contributed by atoms with van der Waals surface area (Å²) in [6, 6.07) is 3.38. The number of carbonyl (C=O) groups is 1. The predicted octanol–water partition coefficient (Wildman–Crippen LogP) is 4.02. The molecule has 0 aliphatic carbocycles. The van der Waals surface area contributed by atoms with Crippen molar-refractivity contribution < 1.29 is 4.79 Å². The molecule has 102 valence electrons. The molecule has 0 aliphatic rings. The second-order valence-corrected chi connectivity index (χ2v) is 6.44. The molecular weight excluding hydrogens is 339 g/mol. The highest BCUT2D eigenvalue weighted by atomic mass is 35.5. The number of halogens is 2. The smallest absolute Gasteiger partial charge is 0.271 e. The lowest BCUT2D eigenvalue weighted by Gasteiger charge is -1.97. The first-order valence-electron chi connectivity index (χ1n) is 5.41. The topological polar surface area (TPSA) is 67.8 Å². The molecule has 0 spiro atoms. The molecule has 9 heteroatoms. The number of rotatable bonds is 2. The van der Waals surface area contributed by atoms with Crippen LogP contribution in [-0.4, -0.2) is 20.5 Å². The summed E-state index contributed by atoms with van der Waals surface area (Å²) in [6.45, 7) is 1.73. The lowest BCUT2D eigenvalue weighted by atomic mass is 10.3. The first-order valence-corrected chi connectivity index (χ1v) is 7.75. The normalized spacial score (nSPS) is 10.9. The molecule has 0 radical (unpaired) electrons. The maximum absolute atomic E-state index is 12.1. The molecule has 3 aromatic rings. The van der Waals surface area contributed by atoms with Gasteiger partial charge in [0.2, 0.25) is 0 Å². The first-order chi connectivity index (χ1) is 9.56. The van der Waals surface area contributed by atoms with Gasteiger partial charge in [0.1, 0.15) is 10.4 Å². The maximum Gasteiger partial charge on any atom is 0.271 e. The lowest BCUT2D eigenvalue weighted by Crippen LogP contribution is -2.11. The molecule has 0 atom stereocenters. The van der Waals surface area contributed by atoms with Gasteiger partial charge in [-0.15, -0.1) is 5.10 Å². The van der Waals surface area contributed by atoms with Crippen molar-refractivity contribution in [2.75, 3.05) is 5.32 Å². The Morgan fingerprint density at radius 1 is 1.30 bits per heavy atom. The maximum atomic E-state index is 12.1. The molecule has 1 amide bonds.